The Kier molecular flexibility index (Phi) is 3.76. The molecule has 1 aromatic heterocycles. The van der Waals surface area contributed by atoms with Crippen LogP contribution in [-0.4, -0.2) is 35.3 Å². The first-order valence-electron chi connectivity index (χ1n) is 10.8. The Morgan fingerprint density at radius 2 is 1.97 bits per heavy atom. The summed E-state index contributed by atoms with van der Waals surface area (Å²) in [6.07, 6.45) is 7.87. The van der Waals surface area contributed by atoms with Crippen molar-refractivity contribution in [1.29, 1.82) is 0 Å². The number of nitrogens with one attached hydrogen (secondary N) is 2. The summed E-state index contributed by atoms with van der Waals surface area (Å²) in [5, 5.41) is 7.65. The highest BCUT2D eigenvalue weighted by atomic mass is 16.3. The van der Waals surface area contributed by atoms with Gasteiger partial charge in [0, 0.05) is 28.6 Å². The van der Waals surface area contributed by atoms with E-state index in [0.717, 1.165) is 60.8 Å². The monoisotopic (exact) mass is 391 g/mol. The van der Waals surface area contributed by atoms with Crippen LogP contribution in [-0.2, 0) is 9.59 Å². The van der Waals surface area contributed by atoms with Gasteiger partial charge >= 0.3 is 0 Å². The first-order valence-corrected chi connectivity index (χ1v) is 10.8. The lowest BCUT2D eigenvalue weighted by molar-refractivity contribution is -0.138. The van der Waals surface area contributed by atoms with Gasteiger partial charge in [0.1, 0.15) is 5.58 Å². The standard InChI is InChI=1S/C23H25N3O3/c27-22-19-17(12-24-22)25-16-6-1-2-7-18(16)26(23(28)14-8-9-14)20(19)15-5-3-4-13-10-11-29-21(13)15/h3-5,10-11,14,16,18,20,25H,1-2,6-9,12H2,(H,24,27)/t16-,18?,20-/m1/s1. The molecule has 1 unspecified atom stereocenters. The van der Waals surface area contributed by atoms with E-state index in [-0.39, 0.29) is 29.8 Å². The topological polar surface area (TPSA) is 74.6 Å². The summed E-state index contributed by atoms with van der Waals surface area (Å²) in [7, 11) is 0. The van der Waals surface area contributed by atoms with E-state index in [9.17, 15) is 9.59 Å². The molecule has 2 aliphatic heterocycles. The molecule has 0 saturated heterocycles. The SMILES string of the molecule is O=C1NCC2=C1[C@@H](c1cccc3ccoc13)N(C(=O)C1CC1)C1CCCC[C@H]1N2. The van der Waals surface area contributed by atoms with Crippen LogP contribution in [0.4, 0.5) is 0 Å². The highest BCUT2D eigenvalue weighted by molar-refractivity contribution is 6.00. The summed E-state index contributed by atoms with van der Waals surface area (Å²) in [5.74, 6) is 0.224. The van der Waals surface area contributed by atoms with Crippen molar-refractivity contribution in [3.63, 3.8) is 0 Å². The lowest BCUT2D eigenvalue weighted by atomic mass is 9.86. The third-order valence-electron chi connectivity index (χ3n) is 6.98. The number of nitrogens with zero attached hydrogens (tertiary/aromatic N) is 1. The van der Waals surface area contributed by atoms with Crippen molar-refractivity contribution in [2.45, 2.75) is 56.7 Å². The van der Waals surface area contributed by atoms with Crippen molar-refractivity contribution in [2.75, 3.05) is 6.54 Å². The molecule has 1 aromatic carbocycles. The number of hydrogen-bond donors (Lipinski definition) is 2. The minimum absolute atomic E-state index is 0.0756. The van der Waals surface area contributed by atoms with Crippen LogP contribution in [0.2, 0.25) is 0 Å². The molecule has 150 valence electrons. The summed E-state index contributed by atoms with van der Waals surface area (Å²) in [6, 6.07) is 7.86. The number of para-hydroxylation sites is 1. The molecule has 3 atom stereocenters. The number of rotatable bonds is 2. The van der Waals surface area contributed by atoms with E-state index < -0.39 is 6.04 Å². The fourth-order valence-corrected chi connectivity index (χ4v) is 5.45. The Labute approximate surface area is 169 Å². The molecule has 4 aliphatic rings. The lowest BCUT2D eigenvalue weighted by Gasteiger charge is -2.42. The molecule has 6 nitrogen and oxygen atoms in total. The largest absolute Gasteiger partial charge is 0.464 e. The predicted molar refractivity (Wildman–Crippen MR) is 108 cm³/mol. The molecule has 0 radical (unpaired) electrons. The molecule has 0 spiro atoms. The smallest absolute Gasteiger partial charge is 0.251 e. The highest BCUT2D eigenvalue weighted by Gasteiger charge is 2.49. The number of fused-ring (bicyclic) bond motifs is 2. The van der Waals surface area contributed by atoms with Crippen molar-refractivity contribution >= 4 is 22.8 Å². The van der Waals surface area contributed by atoms with Gasteiger partial charge in [-0.2, -0.15) is 0 Å². The Hall–Kier alpha value is -2.76. The van der Waals surface area contributed by atoms with Crippen LogP contribution in [0.5, 0.6) is 0 Å². The maximum atomic E-state index is 13.6. The Balaban J connectivity index is 1.59. The van der Waals surface area contributed by atoms with E-state index >= 15 is 0 Å². The number of furan rings is 1. The van der Waals surface area contributed by atoms with E-state index in [4.69, 9.17) is 4.42 Å². The van der Waals surface area contributed by atoms with Crippen LogP contribution in [0, 0.1) is 5.92 Å². The van der Waals surface area contributed by atoms with Gasteiger partial charge in [0.25, 0.3) is 5.91 Å². The third kappa shape index (κ3) is 2.61. The number of carbonyl (C=O) groups excluding carboxylic acids is 2. The highest BCUT2D eigenvalue weighted by Crippen LogP contribution is 2.45. The minimum atomic E-state index is -0.406. The molecule has 2 aliphatic carbocycles. The van der Waals surface area contributed by atoms with Crippen LogP contribution >= 0.6 is 0 Å². The predicted octanol–water partition coefficient (Wildman–Crippen LogP) is 3.01. The van der Waals surface area contributed by atoms with Gasteiger partial charge in [0.2, 0.25) is 5.91 Å². The third-order valence-corrected chi connectivity index (χ3v) is 6.98. The average molecular weight is 391 g/mol. The summed E-state index contributed by atoms with van der Waals surface area (Å²) < 4.78 is 5.85. The van der Waals surface area contributed by atoms with E-state index in [1.54, 1.807) is 6.26 Å². The van der Waals surface area contributed by atoms with Gasteiger partial charge < -0.3 is 20.0 Å². The fourth-order valence-electron chi connectivity index (χ4n) is 5.45. The second-order valence-corrected chi connectivity index (χ2v) is 8.79. The molecule has 2 saturated carbocycles. The number of benzene rings is 1. The van der Waals surface area contributed by atoms with Crippen molar-refractivity contribution < 1.29 is 14.0 Å². The van der Waals surface area contributed by atoms with E-state index in [0.29, 0.717) is 12.1 Å². The van der Waals surface area contributed by atoms with E-state index in [2.05, 4.69) is 15.5 Å². The second-order valence-electron chi connectivity index (χ2n) is 8.79. The number of hydrogen-bond acceptors (Lipinski definition) is 4. The van der Waals surface area contributed by atoms with E-state index in [1.807, 2.05) is 24.3 Å². The minimum Gasteiger partial charge on any atom is -0.464 e. The maximum Gasteiger partial charge on any atom is 0.251 e. The van der Waals surface area contributed by atoms with Crippen LogP contribution in [0.3, 0.4) is 0 Å². The zero-order chi connectivity index (χ0) is 19.5. The summed E-state index contributed by atoms with van der Waals surface area (Å²) in [4.78, 5) is 28.7. The summed E-state index contributed by atoms with van der Waals surface area (Å²) in [6.45, 7) is 0.507. The van der Waals surface area contributed by atoms with Gasteiger partial charge in [0.05, 0.1) is 30.5 Å². The zero-order valence-electron chi connectivity index (χ0n) is 16.3. The van der Waals surface area contributed by atoms with Gasteiger partial charge in [-0.15, -0.1) is 0 Å². The molecule has 29 heavy (non-hydrogen) atoms. The van der Waals surface area contributed by atoms with Crippen molar-refractivity contribution in [2.24, 2.45) is 5.92 Å². The van der Waals surface area contributed by atoms with Crippen LogP contribution in [0.15, 0.2) is 46.2 Å². The normalized spacial score (nSPS) is 29.2. The van der Waals surface area contributed by atoms with E-state index in [1.165, 1.54) is 0 Å². The van der Waals surface area contributed by atoms with Gasteiger partial charge in [0.15, 0.2) is 0 Å². The molecule has 6 heteroatoms. The Bertz CT molecular complexity index is 1030. The summed E-state index contributed by atoms with van der Waals surface area (Å²) in [5.41, 5.74) is 3.33. The quantitative estimate of drug-likeness (QED) is 0.825. The van der Waals surface area contributed by atoms with Crippen LogP contribution in [0.1, 0.15) is 50.1 Å². The van der Waals surface area contributed by atoms with Crippen molar-refractivity contribution in [3.05, 3.63) is 47.4 Å². The molecule has 2 fully saturated rings. The first kappa shape index (κ1) is 17.1. The molecule has 2 aromatic rings. The lowest BCUT2D eigenvalue weighted by Crippen LogP contribution is -2.54. The molecule has 2 amide bonds. The maximum absolute atomic E-state index is 13.6. The van der Waals surface area contributed by atoms with Gasteiger partial charge in [-0.25, -0.2) is 0 Å². The molecule has 0 bridgehead atoms. The Morgan fingerprint density at radius 1 is 1.10 bits per heavy atom. The number of carbonyl (C=O) groups is 2. The van der Waals surface area contributed by atoms with Crippen molar-refractivity contribution in [3.8, 4) is 0 Å². The van der Waals surface area contributed by atoms with Crippen molar-refractivity contribution in [1.82, 2.24) is 15.5 Å². The molecular weight excluding hydrogens is 366 g/mol. The second kappa shape index (κ2) is 6.37. The first-order chi connectivity index (χ1) is 14.2. The molecule has 6 rings (SSSR count). The summed E-state index contributed by atoms with van der Waals surface area (Å²) >= 11 is 0. The number of amides is 2. The molecule has 2 N–H and O–H groups in total. The van der Waals surface area contributed by atoms with Gasteiger partial charge in [-0.05, 0) is 31.7 Å². The van der Waals surface area contributed by atoms with Gasteiger partial charge in [-0.3, -0.25) is 9.59 Å². The van der Waals surface area contributed by atoms with Crippen LogP contribution < -0.4 is 10.6 Å². The molecule has 3 heterocycles. The van der Waals surface area contributed by atoms with Crippen LogP contribution in [0.25, 0.3) is 11.0 Å². The molecular formula is C23H25N3O3. The Morgan fingerprint density at radius 3 is 2.83 bits per heavy atom. The van der Waals surface area contributed by atoms with Gasteiger partial charge in [-0.1, -0.05) is 31.0 Å². The zero-order valence-corrected chi connectivity index (χ0v) is 16.3. The fraction of sp³-hybridized carbons (Fsp3) is 0.478. The average Bonchev–Trinajstić information content (AvgIpc) is 3.41.